The number of thiocarbonyl (C=S) groups is 1. The second-order valence-electron chi connectivity index (χ2n) is 6.33. The summed E-state index contributed by atoms with van der Waals surface area (Å²) in [4.78, 5) is 24.5. The van der Waals surface area contributed by atoms with Crippen LogP contribution in [0, 0.1) is 0 Å². The van der Waals surface area contributed by atoms with E-state index in [1.165, 1.54) is 7.11 Å². The molecule has 0 aromatic heterocycles. The Morgan fingerprint density at radius 3 is 2.38 bits per heavy atom. The van der Waals surface area contributed by atoms with Gasteiger partial charge in [0.25, 0.3) is 11.8 Å². The maximum atomic E-state index is 12.4. The van der Waals surface area contributed by atoms with Crippen LogP contribution in [-0.4, -0.2) is 30.6 Å². The highest BCUT2D eigenvalue weighted by molar-refractivity contribution is 9.11. The van der Waals surface area contributed by atoms with Crippen molar-refractivity contribution >= 4 is 87.7 Å². The maximum absolute atomic E-state index is 12.4. The van der Waals surface area contributed by atoms with Crippen molar-refractivity contribution in [3.8, 4) is 11.5 Å². The SMILES string of the molecule is COc1ccc(Br)cc1C(=O)NC(=S)NNC(=O)COc1ccc2cc(Br)ccc2c1Br. The second-order valence-corrected chi connectivity index (χ2v) is 9.37. The van der Waals surface area contributed by atoms with E-state index >= 15 is 0 Å². The van der Waals surface area contributed by atoms with Gasteiger partial charge >= 0.3 is 0 Å². The third-order valence-electron chi connectivity index (χ3n) is 4.19. The van der Waals surface area contributed by atoms with Crippen molar-refractivity contribution < 1.29 is 19.1 Å². The number of ether oxygens (including phenoxy) is 2. The molecule has 0 bridgehead atoms. The maximum Gasteiger partial charge on any atom is 0.276 e. The van der Waals surface area contributed by atoms with Crippen LogP contribution in [0.5, 0.6) is 11.5 Å². The Balaban J connectivity index is 1.52. The minimum atomic E-state index is -0.488. The van der Waals surface area contributed by atoms with Crippen LogP contribution >= 0.6 is 60.0 Å². The first kappa shape index (κ1) is 24.4. The number of fused-ring (bicyclic) bond motifs is 1. The van der Waals surface area contributed by atoms with E-state index in [1.807, 2.05) is 24.3 Å². The summed E-state index contributed by atoms with van der Waals surface area (Å²) in [7, 11) is 1.46. The van der Waals surface area contributed by atoms with Gasteiger partial charge in [-0.25, -0.2) is 0 Å². The summed E-state index contributed by atoms with van der Waals surface area (Å²) in [6.45, 7) is -0.260. The Hall–Kier alpha value is -2.21. The van der Waals surface area contributed by atoms with Crippen LogP contribution in [0.2, 0.25) is 0 Å². The van der Waals surface area contributed by atoms with Gasteiger partial charge in [-0.1, -0.05) is 44.0 Å². The number of halogens is 3. The standard InChI is InChI=1S/C21H16Br3N3O4S/c1-30-16-7-4-13(23)9-15(16)20(29)25-21(32)27-26-18(28)10-31-17-6-2-11-8-12(22)3-5-14(11)19(17)24/h2-9H,10H2,1H3,(H,26,28)(H2,25,27,29,32). The molecule has 0 saturated carbocycles. The first-order chi connectivity index (χ1) is 15.3. The number of carbonyl (C=O) groups excluding carboxylic acids is 2. The number of nitrogens with one attached hydrogen (secondary N) is 3. The molecular weight excluding hydrogens is 630 g/mol. The number of benzene rings is 3. The molecule has 3 N–H and O–H groups in total. The number of methoxy groups -OCH3 is 1. The van der Waals surface area contributed by atoms with E-state index in [2.05, 4.69) is 64.0 Å². The molecule has 0 aliphatic heterocycles. The number of amides is 2. The summed E-state index contributed by atoms with van der Waals surface area (Å²) < 4.78 is 13.2. The molecule has 3 aromatic carbocycles. The fourth-order valence-electron chi connectivity index (χ4n) is 2.72. The molecule has 0 heterocycles. The molecule has 32 heavy (non-hydrogen) atoms. The molecule has 0 radical (unpaired) electrons. The minimum absolute atomic E-state index is 0.0807. The zero-order valence-corrected chi connectivity index (χ0v) is 22.1. The zero-order valence-electron chi connectivity index (χ0n) is 16.5. The Kier molecular flexibility index (Phi) is 8.46. The third kappa shape index (κ3) is 6.18. The van der Waals surface area contributed by atoms with Crippen LogP contribution in [0.25, 0.3) is 10.8 Å². The van der Waals surface area contributed by atoms with Crippen LogP contribution in [-0.2, 0) is 4.79 Å². The summed E-state index contributed by atoms with van der Waals surface area (Å²) in [5.74, 6) is -0.0609. The van der Waals surface area contributed by atoms with E-state index in [-0.39, 0.29) is 17.3 Å². The minimum Gasteiger partial charge on any atom is -0.496 e. The third-order valence-corrected chi connectivity index (χ3v) is 6.20. The molecule has 11 heteroatoms. The molecule has 0 fully saturated rings. The quantitative estimate of drug-likeness (QED) is 0.272. The second kappa shape index (κ2) is 11.1. The molecule has 0 aliphatic rings. The van der Waals surface area contributed by atoms with Crippen molar-refractivity contribution in [3.05, 3.63) is 67.5 Å². The van der Waals surface area contributed by atoms with E-state index in [0.29, 0.717) is 16.0 Å². The van der Waals surface area contributed by atoms with E-state index in [0.717, 1.165) is 19.7 Å². The van der Waals surface area contributed by atoms with Crippen molar-refractivity contribution in [1.82, 2.24) is 16.2 Å². The Bertz CT molecular complexity index is 1210. The van der Waals surface area contributed by atoms with E-state index in [4.69, 9.17) is 21.7 Å². The molecule has 0 unspecified atom stereocenters. The van der Waals surface area contributed by atoms with Crippen molar-refractivity contribution in [2.75, 3.05) is 13.7 Å². The smallest absolute Gasteiger partial charge is 0.276 e. The van der Waals surface area contributed by atoms with Gasteiger partial charge in [0.05, 0.1) is 17.1 Å². The molecule has 166 valence electrons. The lowest BCUT2D eigenvalue weighted by molar-refractivity contribution is -0.123. The van der Waals surface area contributed by atoms with Crippen LogP contribution in [0.4, 0.5) is 0 Å². The molecular formula is C21H16Br3N3O4S. The molecule has 3 aromatic rings. The molecule has 7 nitrogen and oxygen atoms in total. The lowest BCUT2D eigenvalue weighted by atomic mass is 10.1. The highest BCUT2D eigenvalue weighted by atomic mass is 79.9. The lowest BCUT2D eigenvalue weighted by Crippen LogP contribution is -2.49. The summed E-state index contributed by atoms with van der Waals surface area (Å²) in [5, 5.41) is 4.37. The number of hydrazine groups is 1. The number of rotatable bonds is 5. The fourth-order valence-corrected chi connectivity index (χ4v) is 4.21. The van der Waals surface area contributed by atoms with Gasteiger partial charge in [-0.2, -0.15) is 0 Å². The summed E-state index contributed by atoms with van der Waals surface area (Å²) in [5.41, 5.74) is 5.14. The number of hydrogen-bond donors (Lipinski definition) is 3. The molecule has 0 spiro atoms. The van der Waals surface area contributed by atoms with Gasteiger partial charge in [-0.3, -0.25) is 25.8 Å². The van der Waals surface area contributed by atoms with Crippen molar-refractivity contribution in [2.45, 2.75) is 0 Å². The van der Waals surface area contributed by atoms with Gasteiger partial charge in [0.15, 0.2) is 11.7 Å². The first-order valence-electron chi connectivity index (χ1n) is 9.02. The lowest BCUT2D eigenvalue weighted by Gasteiger charge is -2.13. The highest BCUT2D eigenvalue weighted by Crippen LogP contribution is 2.34. The highest BCUT2D eigenvalue weighted by Gasteiger charge is 2.15. The zero-order chi connectivity index (χ0) is 23.3. The fraction of sp³-hybridized carbons (Fsp3) is 0.0952. The van der Waals surface area contributed by atoms with Crippen molar-refractivity contribution in [1.29, 1.82) is 0 Å². The monoisotopic (exact) mass is 643 g/mol. The molecule has 2 amide bonds. The van der Waals surface area contributed by atoms with Gasteiger partial charge in [0, 0.05) is 8.95 Å². The van der Waals surface area contributed by atoms with Crippen molar-refractivity contribution in [3.63, 3.8) is 0 Å². The number of hydrogen-bond acceptors (Lipinski definition) is 5. The summed E-state index contributed by atoms with van der Waals surface area (Å²) >= 11 is 15.3. The van der Waals surface area contributed by atoms with Crippen LogP contribution in [0.15, 0.2) is 61.9 Å². The average Bonchev–Trinajstić information content (AvgIpc) is 2.77. The Morgan fingerprint density at radius 2 is 1.62 bits per heavy atom. The summed E-state index contributed by atoms with van der Waals surface area (Å²) in [6.07, 6.45) is 0. The van der Waals surface area contributed by atoms with Gasteiger partial charge < -0.3 is 9.47 Å². The molecule has 3 rings (SSSR count). The number of carbonyl (C=O) groups is 2. The predicted octanol–water partition coefficient (Wildman–Crippen LogP) is 4.85. The normalized spacial score (nSPS) is 10.4. The first-order valence-corrected chi connectivity index (χ1v) is 11.8. The Morgan fingerprint density at radius 1 is 0.938 bits per heavy atom. The molecule has 0 saturated heterocycles. The van der Waals surface area contributed by atoms with Gasteiger partial charge in [0.1, 0.15) is 11.5 Å². The van der Waals surface area contributed by atoms with E-state index in [9.17, 15) is 9.59 Å². The van der Waals surface area contributed by atoms with E-state index in [1.54, 1.807) is 24.3 Å². The van der Waals surface area contributed by atoms with Crippen LogP contribution < -0.4 is 25.6 Å². The van der Waals surface area contributed by atoms with Gasteiger partial charge in [0.2, 0.25) is 0 Å². The molecule has 0 aliphatic carbocycles. The summed E-state index contributed by atoms with van der Waals surface area (Å²) in [6, 6.07) is 14.5. The van der Waals surface area contributed by atoms with Crippen LogP contribution in [0.1, 0.15) is 10.4 Å². The average molecular weight is 646 g/mol. The van der Waals surface area contributed by atoms with Crippen LogP contribution in [0.3, 0.4) is 0 Å². The topological polar surface area (TPSA) is 88.7 Å². The van der Waals surface area contributed by atoms with Crippen molar-refractivity contribution in [2.24, 2.45) is 0 Å². The van der Waals surface area contributed by atoms with E-state index < -0.39 is 11.8 Å². The van der Waals surface area contributed by atoms with Gasteiger partial charge in [-0.15, -0.1) is 0 Å². The predicted molar refractivity (Wildman–Crippen MR) is 137 cm³/mol. The van der Waals surface area contributed by atoms with Gasteiger partial charge in [-0.05, 0) is 75.3 Å². The Labute approximate surface area is 214 Å². The largest absolute Gasteiger partial charge is 0.496 e. The molecule has 0 atom stereocenters.